The second-order valence-corrected chi connectivity index (χ2v) is 12.5. The number of nitrogens with zero attached hydrogens (tertiary/aromatic N) is 2. The Morgan fingerprint density at radius 2 is 1.65 bits per heavy atom. The number of fused-ring (bicyclic) bond motifs is 1. The molecular formula is C23H39N4O3S-. The first-order chi connectivity index (χ1) is 14.0. The van der Waals surface area contributed by atoms with Crippen molar-refractivity contribution in [3.8, 4) is 0 Å². The molecule has 0 aliphatic carbocycles. The molecule has 4 N–H and O–H groups in total. The summed E-state index contributed by atoms with van der Waals surface area (Å²) in [5.74, 6) is 0.231. The molecule has 3 rings (SSSR count). The first kappa shape index (κ1) is 24.6. The highest BCUT2D eigenvalue weighted by atomic mass is 32.2. The summed E-state index contributed by atoms with van der Waals surface area (Å²) in [5.41, 5.74) is 1.16. The largest absolute Gasteiger partial charge is 0.444 e. The summed E-state index contributed by atoms with van der Waals surface area (Å²) in [6, 6.07) is 5.94. The zero-order valence-electron chi connectivity index (χ0n) is 20.1. The van der Waals surface area contributed by atoms with Crippen LogP contribution < -0.4 is 5.32 Å². The smallest absolute Gasteiger partial charge is 0.0665 e. The fourth-order valence-electron chi connectivity index (χ4n) is 5.65. The molecular weight excluding hydrogens is 412 g/mol. The second kappa shape index (κ2) is 7.78. The molecule has 2 aliphatic heterocycles. The van der Waals surface area contributed by atoms with E-state index in [1.54, 1.807) is 0 Å². The molecule has 2 aliphatic rings. The third-order valence-electron chi connectivity index (χ3n) is 7.64. The summed E-state index contributed by atoms with van der Waals surface area (Å²) in [5, 5.41) is 27.0. The predicted molar refractivity (Wildman–Crippen MR) is 122 cm³/mol. The Labute approximate surface area is 188 Å². The highest BCUT2D eigenvalue weighted by Gasteiger charge is 2.51. The predicted octanol–water partition coefficient (Wildman–Crippen LogP) is 4.49. The Hall–Kier alpha value is -1.03. The van der Waals surface area contributed by atoms with Gasteiger partial charge in [0, 0.05) is 11.1 Å². The van der Waals surface area contributed by atoms with Gasteiger partial charge < -0.3 is 24.7 Å². The molecule has 8 heteroatoms. The Kier molecular flexibility index (Phi) is 6.18. The topological polar surface area (TPSA) is 99.9 Å². The third-order valence-corrected chi connectivity index (χ3v) is 8.59. The van der Waals surface area contributed by atoms with Crippen LogP contribution in [-0.2, 0) is 25.9 Å². The van der Waals surface area contributed by atoms with Gasteiger partial charge in [0.25, 0.3) is 0 Å². The number of hydroxylamine groups is 4. The quantitative estimate of drug-likeness (QED) is 0.476. The average molecular weight is 452 g/mol. The van der Waals surface area contributed by atoms with Crippen molar-refractivity contribution >= 4 is 10.6 Å². The lowest BCUT2D eigenvalue weighted by Crippen LogP contribution is -2.48. The van der Waals surface area contributed by atoms with E-state index in [2.05, 4.69) is 5.32 Å². The number of benzene rings is 1. The van der Waals surface area contributed by atoms with Gasteiger partial charge in [-0.05, 0) is 97.2 Å². The van der Waals surface area contributed by atoms with Crippen LogP contribution in [-0.4, -0.2) is 44.7 Å². The van der Waals surface area contributed by atoms with Crippen LogP contribution in [0.1, 0.15) is 83.8 Å². The maximum absolute atomic E-state index is 12.3. The van der Waals surface area contributed by atoms with Gasteiger partial charge in [0.15, 0.2) is 0 Å². The Morgan fingerprint density at radius 3 is 2.16 bits per heavy atom. The van der Waals surface area contributed by atoms with E-state index in [1.165, 1.54) is 10.1 Å². The van der Waals surface area contributed by atoms with Gasteiger partial charge >= 0.3 is 0 Å². The molecule has 1 aromatic rings. The first-order valence-electron chi connectivity index (χ1n) is 11.0. The maximum Gasteiger partial charge on any atom is 0.0665 e. The lowest BCUT2D eigenvalue weighted by atomic mass is 9.87. The molecule has 7 nitrogen and oxygen atoms in total. The zero-order chi connectivity index (χ0) is 23.6. The molecule has 0 spiro atoms. The molecule has 0 amide bonds. The Bertz CT molecular complexity index is 915. The van der Waals surface area contributed by atoms with Crippen molar-refractivity contribution in [2.75, 3.05) is 13.1 Å². The van der Waals surface area contributed by atoms with Crippen LogP contribution in [0.3, 0.4) is 0 Å². The minimum atomic E-state index is -1.80. The van der Waals surface area contributed by atoms with Gasteiger partial charge in [-0.3, -0.25) is 0 Å². The van der Waals surface area contributed by atoms with Crippen molar-refractivity contribution < 1.29 is 14.6 Å². The van der Waals surface area contributed by atoms with Gasteiger partial charge in [0.1, 0.15) is 0 Å². The fourth-order valence-corrected chi connectivity index (χ4v) is 6.31. The molecule has 0 saturated carbocycles. The second-order valence-electron chi connectivity index (χ2n) is 11.4. The van der Waals surface area contributed by atoms with Gasteiger partial charge in [0.2, 0.25) is 0 Å². The summed E-state index contributed by atoms with van der Waals surface area (Å²) in [6.45, 7) is 17.2. The van der Waals surface area contributed by atoms with E-state index in [-0.39, 0.29) is 17.0 Å². The summed E-state index contributed by atoms with van der Waals surface area (Å²) < 4.78 is 20.3. The normalized spacial score (nSPS) is 27.5. The molecule has 1 fully saturated rings. The van der Waals surface area contributed by atoms with Crippen LogP contribution in [0.2, 0.25) is 0 Å². The number of rotatable bonds is 6. The van der Waals surface area contributed by atoms with E-state index in [1.807, 2.05) is 73.6 Å². The number of hydrogen-bond donors (Lipinski definition) is 4. The molecule has 2 heterocycles. The molecule has 2 unspecified atom stereocenters. The van der Waals surface area contributed by atoms with Crippen molar-refractivity contribution in [3.05, 3.63) is 34.9 Å². The molecule has 1 saturated heterocycles. The zero-order valence-corrected chi connectivity index (χ0v) is 20.9. The Morgan fingerprint density at radius 1 is 1.06 bits per heavy atom. The monoisotopic (exact) mass is 451 g/mol. The third kappa shape index (κ3) is 3.96. The summed E-state index contributed by atoms with van der Waals surface area (Å²) >= 11 is 0. The van der Waals surface area contributed by atoms with Crippen molar-refractivity contribution in [3.63, 3.8) is 0 Å². The van der Waals surface area contributed by atoms with Crippen molar-refractivity contribution in [1.29, 1.82) is 4.78 Å². The van der Waals surface area contributed by atoms with E-state index < -0.39 is 26.9 Å². The number of nitrogens with one attached hydrogen (secondary N) is 2. The van der Waals surface area contributed by atoms with Crippen LogP contribution in [0.4, 0.5) is 0 Å². The Balaban J connectivity index is 1.79. The van der Waals surface area contributed by atoms with E-state index in [9.17, 15) is 14.6 Å². The lowest BCUT2D eigenvalue weighted by molar-refractivity contribution is -0.216. The molecule has 0 aromatic heterocycles. The number of hydrogen-bond acceptors (Lipinski definition) is 8. The standard InChI is InChI=1S/C23H39N4O3S/c1-20(2)12-16(21(3,4)26(20)28)13-25-14-19(31(24)30)15-9-10-17-18(11-15)23(7,8)27(29)22(17,5)6/h9-11,16,19,24-25,28-29H,12-14H2,1-8H3/q-1. The lowest BCUT2D eigenvalue weighted by Gasteiger charge is -2.36. The highest BCUT2D eigenvalue weighted by molar-refractivity contribution is 7.73. The van der Waals surface area contributed by atoms with Crippen molar-refractivity contribution in [2.45, 2.75) is 89.2 Å². The first-order valence-corrected chi connectivity index (χ1v) is 12.2. The molecule has 0 bridgehead atoms. The van der Waals surface area contributed by atoms with E-state index in [0.29, 0.717) is 13.1 Å². The van der Waals surface area contributed by atoms with Gasteiger partial charge in [-0.15, -0.1) is 0 Å². The van der Waals surface area contributed by atoms with Crippen LogP contribution in [0.25, 0.3) is 0 Å². The van der Waals surface area contributed by atoms with Crippen molar-refractivity contribution in [2.24, 2.45) is 5.92 Å². The van der Waals surface area contributed by atoms with Crippen LogP contribution in [0.15, 0.2) is 18.2 Å². The average Bonchev–Trinajstić information content (AvgIpc) is 2.90. The summed E-state index contributed by atoms with van der Waals surface area (Å²) in [7, 11) is -1.80. The molecule has 176 valence electrons. The van der Waals surface area contributed by atoms with Gasteiger partial charge in [-0.25, -0.2) is 0 Å². The van der Waals surface area contributed by atoms with Gasteiger partial charge in [-0.2, -0.15) is 20.7 Å². The molecule has 31 heavy (non-hydrogen) atoms. The van der Waals surface area contributed by atoms with E-state index in [0.717, 1.165) is 23.1 Å². The minimum Gasteiger partial charge on any atom is -0.444 e. The SMILES string of the molecule is CC1(C)CC(CNCC(c2ccc3c(c2)C(C)(C)N(O)C3(C)C)[S-](=N)=O)C(C)(C)N1O. The van der Waals surface area contributed by atoms with E-state index in [4.69, 9.17) is 4.78 Å². The fraction of sp³-hybridized carbons (Fsp3) is 0.739. The molecule has 1 aromatic carbocycles. The van der Waals surface area contributed by atoms with E-state index >= 15 is 0 Å². The van der Waals surface area contributed by atoms with Crippen LogP contribution >= 0.6 is 0 Å². The van der Waals surface area contributed by atoms with Crippen LogP contribution in [0.5, 0.6) is 0 Å². The van der Waals surface area contributed by atoms with Crippen LogP contribution in [0, 0.1) is 10.7 Å². The molecule has 2 atom stereocenters. The summed E-state index contributed by atoms with van der Waals surface area (Å²) in [4.78, 5) is 0. The maximum atomic E-state index is 12.3. The summed E-state index contributed by atoms with van der Waals surface area (Å²) in [6.07, 6.45) is 0.854. The minimum absolute atomic E-state index is 0.231. The van der Waals surface area contributed by atoms with Gasteiger partial charge in [-0.1, -0.05) is 23.8 Å². The highest BCUT2D eigenvalue weighted by Crippen LogP contribution is 2.48. The van der Waals surface area contributed by atoms with Crippen molar-refractivity contribution in [1.82, 2.24) is 15.4 Å². The molecule has 0 radical (unpaired) electrons. The van der Waals surface area contributed by atoms with Gasteiger partial charge in [0.05, 0.1) is 11.1 Å².